The van der Waals surface area contributed by atoms with Crippen LogP contribution in [-0.2, 0) is 0 Å². The Kier molecular flexibility index (Phi) is 3.32. The van der Waals surface area contributed by atoms with Crippen LogP contribution in [0.25, 0.3) is 11.1 Å². The molecule has 0 aliphatic carbocycles. The predicted octanol–water partition coefficient (Wildman–Crippen LogP) is 4.02. The van der Waals surface area contributed by atoms with Crippen LogP contribution in [0.3, 0.4) is 0 Å². The van der Waals surface area contributed by atoms with Crippen molar-refractivity contribution in [3.05, 3.63) is 54.1 Å². The van der Waals surface area contributed by atoms with Gasteiger partial charge in [-0.3, -0.25) is 4.79 Å². The van der Waals surface area contributed by atoms with E-state index in [-0.39, 0.29) is 0 Å². The summed E-state index contributed by atoms with van der Waals surface area (Å²) in [7, 11) is 0. The maximum absolute atomic E-state index is 11.1. The molecule has 16 heavy (non-hydrogen) atoms. The first-order valence-electron chi connectivity index (χ1n) is 4.77. The second-order valence-electron chi connectivity index (χ2n) is 3.37. The molecule has 1 nitrogen and oxygen atoms in total. The normalized spacial score (nSPS) is 10.1. The minimum atomic E-state index is -0.453. The third-order valence-corrected chi connectivity index (χ3v) is 2.92. The van der Waals surface area contributed by atoms with Crippen LogP contribution < -0.4 is 0 Å². The van der Waals surface area contributed by atoms with Crippen molar-refractivity contribution in [1.29, 1.82) is 0 Å². The van der Waals surface area contributed by atoms with Gasteiger partial charge in [-0.1, -0.05) is 30.3 Å². The van der Waals surface area contributed by atoms with Crippen LogP contribution in [-0.4, -0.2) is 5.24 Å². The average Bonchev–Trinajstić information content (AvgIpc) is 2.30. The van der Waals surface area contributed by atoms with Gasteiger partial charge in [-0.25, -0.2) is 0 Å². The molecule has 0 N–H and O–H groups in total. The fraction of sp³-hybridized carbons (Fsp3) is 0. The molecule has 0 unspecified atom stereocenters. The standard InChI is InChI=1S/C13H9ClOS/c14-13(15)10-6-7-12(16)11(8-10)9-4-2-1-3-5-9/h1-8,16H. The van der Waals surface area contributed by atoms with Gasteiger partial charge in [0, 0.05) is 10.5 Å². The molecule has 0 radical (unpaired) electrons. The number of carbonyl (C=O) groups is 1. The van der Waals surface area contributed by atoms with Gasteiger partial charge >= 0.3 is 0 Å². The van der Waals surface area contributed by atoms with E-state index < -0.39 is 5.24 Å². The molecule has 0 fully saturated rings. The van der Waals surface area contributed by atoms with Crippen molar-refractivity contribution in [3.8, 4) is 11.1 Å². The Bertz CT molecular complexity index is 523. The molecule has 0 bridgehead atoms. The molecule has 3 heteroatoms. The van der Waals surface area contributed by atoms with Crippen molar-refractivity contribution >= 4 is 29.5 Å². The SMILES string of the molecule is O=C(Cl)c1ccc(S)c(-c2ccccc2)c1. The molecule has 80 valence electrons. The van der Waals surface area contributed by atoms with E-state index in [2.05, 4.69) is 12.6 Å². The molecule has 2 aromatic carbocycles. The van der Waals surface area contributed by atoms with Gasteiger partial charge in [-0.15, -0.1) is 12.6 Å². The Labute approximate surface area is 104 Å². The summed E-state index contributed by atoms with van der Waals surface area (Å²) in [6.07, 6.45) is 0. The number of halogens is 1. The van der Waals surface area contributed by atoms with Crippen molar-refractivity contribution < 1.29 is 4.79 Å². The molecule has 0 saturated carbocycles. The molecule has 0 spiro atoms. The lowest BCUT2D eigenvalue weighted by Gasteiger charge is -2.06. The molecule has 0 aliphatic rings. The highest BCUT2D eigenvalue weighted by Crippen LogP contribution is 2.27. The molecule has 0 amide bonds. The van der Waals surface area contributed by atoms with E-state index in [4.69, 9.17) is 11.6 Å². The maximum atomic E-state index is 11.1. The third-order valence-electron chi connectivity index (χ3n) is 2.31. The number of hydrogen-bond donors (Lipinski definition) is 1. The first-order chi connectivity index (χ1) is 7.68. The molecule has 0 aromatic heterocycles. The second kappa shape index (κ2) is 4.73. The summed E-state index contributed by atoms with van der Waals surface area (Å²) < 4.78 is 0. The van der Waals surface area contributed by atoms with Gasteiger partial charge in [0.15, 0.2) is 0 Å². The van der Waals surface area contributed by atoms with Gasteiger partial charge in [-0.2, -0.15) is 0 Å². The fourth-order valence-corrected chi connectivity index (χ4v) is 1.89. The van der Waals surface area contributed by atoms with Gasteiger partial charge in [0.05, 0.1) is 0 Å². The van der Waals surface area contributed by atoms with Crippen LogP contribution in [0.4, 0.5) is 0 Å². The van der Waals surface area contributed by atoms with Crippen LogP contribution >= 0.6 is 24.2 Å². The minimum Gasteiger partial charge on any atom is -0.276 e. The summed E-state index contributed by atoms with van der Waals surface area (Å²) in [5.74, 6) is 0. The molecule has 0 atom stereocenters. The zero-order valence-corrected chi connectivity index (χ0v) is 10.0. The smallest absolute Gasteiger partial charge is 0.252 e. The van der Waals surface area contributed by atoms with Gasteiger partial charge in [0.2, 0.25) is 0 Å². The highest BCUT2D eigenvalue weighted by molar-refractivity contribution is 7.80. The molecule has 0 heterocycles. The van der Waals surface area contributed by atoms with Crippen LogP contribution in [0.1, 0.15) is 10.4 Å². The van der Waals surface area contributed by atoms with E-state index in [1.54, 1.807) is 18.2 Å². The van der Waals surface area contributed by atoms with E-state index in [0.29, 0.717) is 5.56 Å². The molecule has 2 rings (SSSR count). The highest BCUT2D eigenvalue weighted by Gasteiger charge is 2.07. The number of benzene rings is 2. The van der Waals surface area contributed by atoms with Crippen LogP contribution in [0.2, 0.25) is 0 Å². The van der Waals surface area contributed by atoms with Crippen LogP contribution in [0.15, 0.2) is 53.4 Å². The molecule has 0 aliphatic heterocycles. The lowest BCUT2D eigenvalue weighted by atomic mass is 10.0. The van der Waals surface area contributed by atoms with Crippen molar-refractivity contribution in [1.82, 2.24) is 0 Å². The number of rotatable bonds is 2. The molecular weight excluding hydrogens is 240 g/mol. The maximum Gasteiger partial charge on any atom is 0.252 e. The zero-order valence-electron chi connectivity index (χ0n) is 8.35. The van der Waals surface area contributed by atoms with Crippen molar-refractivity contribution in [2.45, 2.75) is 4.90 Å². The molecule has 2 aromatic rings. The van der Waals surface area contributed by atoms with Crippen LogP contribution in [0, 0.1) is 0 Å². The predicted molar refractivity (Wildman–Crippen MR) is 69.3 cm³/mol. The Balaban J connectivity index is 2.56. The van der Waals surface area contributed by atoms with Crippen molar-refractivity contribution in [2.75, 3.05) is 0 Å². The molecule has 0 saturated heterocycles. The minimum absolute atomic E-state index is 0.453. The number of thiol groups is 1. The Morgan fingerprint density at radius 3 is 2.38 bits per heavy atom. The lowest BCUT2D eigenvalue weighted by Crippen LogP contribution is -1.90. The lowest BCUT2D eigenvalue weighted by molar-refractivity contribution is 0.108. The summed E-state index contributed by atoms with van der Waals surface area (Å²) >= 11 is 9.82. The van der Waals surface area contributed by atoms with E-state index in [9.17, 15) is 4.79 Å². The molecular formula is C13H9ClOS. The Morgan fingerprint density at radius 2 is 1.75 bits per heavy atom. The van der Waals surface area contributed by atoms with Crippen molar-refractivity contribution in [2.24, 2.45) is 0 Å². The monoisotopic (exact) mass is 248 g/mol. The zero-order chi connectivity index (χ0) is 11.5. The largest absolute Gasteiger partial charge is 0.276 e. The third kappa shape index (κ3) is 2.29. The van der Waals surface area contributed by atoms with Crippen molar-refractivity contribution in [3.63, 3.8) is 0 Å². The van der Waals surface area contributed by atoms with Gasteiger partial charge in [0.1, 0.15) is 0 Å². The van der Waals surface area contributed by atoms with Gasteiger partial charge < -0.3 is 0 Å². The fourth-order valence-electron chi connectivity index (χ4n) is 1.51. The first kappa shape index (κ1) is 11.2. The van der Waals surface area contributed by atoms with E-state index in [0.717, 1.165) is 16.0 Å². The summed E-state index contributed by atoms with van der Waals surface area (Å²) in [4.78, 5) is 11.9. The number of carbonyl (C=O) groups excluding carboxylic acids is 1. The average molecular weight is 249 g/mol. The topological polar surface area (TPSA) is 17.1 Å². The van der Waals surface area contributed by atoms with E-state index in [1.807, 2.05) is 30.3 Å². The second-order valence-corrected chi connectivity index (χ2v) is 4.20. The summed E-state index contributed by atoms with van der Waals surface area (Å²) in [6, 6.07) is 15.0. The van der Waals surface area contributed by atoms with E-state index >= 15 is 0 Å². The van der Waals surface area contributed by atoms with E-state index in [1.165, 1.54) is 0 Å². The van der Waals surface area contributed by atoms with Gasteiger partial charge in [0.25, 0.3) is 5.24 Å². The first-order valence-corrected chi connectivity index (χ1v) is 5.59. The summed E-state index contributed by atoms with van der Waals surface area (Å²) in [6.45, 7) is 0. The Hall–Kier alpha value is -1.25. The Morgan fingerprint density at radius 1 is 1.06 bits per heavy atom. The van der Waals surface area contributed by atoms with Gasteiger partial charge in [-0.05, 0) is 40.9 Å². The quantitative estimate of drug-likeness (QED) is 0.628. The summed E-state index contributed by atoms with van der Waals surface area (Å²) in [5, 5.41) is -0.453. The summed E-state index contributed by atoms with van der Waals surface area (Å²) in [5.41, 5.74) is 2.42. The van der Waals surface area contributed by atoms with Crippen LogP contribution in [0.5, 0.6) is 0 Å². The number of hydrogen-bond acceptors (Lipinski definition) is 2. The highest BCUT2D eigenvalue weighted by atomic mass is 35.5.